The van der Waals surface area contributed by atoms with Gasteiger partial charge >= 0.3 is 0 Å². The van der Waals surface area contributed by atoms with Gasteiger partial charge in [-0.25, -0.2) is 13.1 Å². The van der Waals surface area contributed by atoms with Crippen molar-refractivity contribution in [3.8, 4) is 0 Å². The molecule has 0 saturated carbocycles. The maximum Gasteiger partial charge on any atom is 0.278 e. The molecule has 30 heavy (non-hydrogen) atoms. The first-order valence-corrected chi connectivity index (χ1v) is 11.1. The van der Waals surface area contributed by atoms with Crippen LogP contribution in [0.25, 0.3) is 10.9 Å². The molecule has 156 valence electrons. The third-order valence-corrected chi connectivity index (χ3v) is 6.93. The summed E-state index contributed by atoms with van der Waals surface area (Å²) in [6, 6.07) is 12.8. The van der Waals surface area contributed by atoms with Gasteiger partial charge in [-0.15, -0.1) is 5.10 Å². The Hall–Kier alpha value is -3.11. The van der Waals surface area contributed by atoms with Crippen molar-refractivity contribution in [2.24, 2.45) is 0 Å². The molecular formula is C20H21N5O4S. The van der Waals surface area contributed by atoms with Gasteiger partial charge in [-0.3, -0.25) is 9.59 Å². The summed E-state index contributed by atoms with van der Waals surface area (Å²) in [6.45, 7) is 0.759. The summed E-state index contributed by atoms with van der Waals surface area (Å²) in [5.41, 5.74) is 0.489. The quantitative estimate of drug-likeness (QED) is 0.662. The Balaban J connectivity index is 1.45. The molecule has 10 heteroatoms. The number of anilines is 1. The molecule has 0 spiro atoms. The highest BCUT2D eigenvalue weighted by Gasteiger charge is 2.25. The van der Waals surface area contributed by atoms with Crippen LogP contribution in [-0.2, 0) is 21.4 Å². The fraction of sp³-hybridized carbons (Fsp3) is 0.300. The van der Waals surface area contributed by atoms with Crippen LogP contribution in [0, 0.1) is 0 Å². The van der Waals surface area contributed by atoms with Crippen molar-refractivity contribution in [3.63, 3.8) is 0 Å². The van der Waals surface area contributed by atoms with Crippen molar-refractivity contribution in [1.82, 2.24) is 19.3 Å². The molecule has 1 fully saturated rings. The number of aromatic nitrogens is 3. The first-order chi connectivity index (χ1) is 14.4. The molecule has 1 amide bonds. The zero-order valence-electron chi connectivity index (χ0n) is 16.2. The lowest BCUT2D eigenvalue weighted by Gasteiger charge is -2.25. The molecule has 0 atom stereocenters. The van der Waals surface area contributed by atoms with Gasteiger partial charge in [0.05, 0.1) is 10.3 Å². The van der Waals surface area contributed by atoms with Crippen molar-refractivity contribution in [3.05, 3.63) is 58.9 Å². The SMILES string of the molecule is O=C(Cn1nnc2ccccc2c1=O)Nc1ccc(S(=O)(=O)N2CCCCC2)cc1. The maximum atomic E-state index is 12.7. The van der Waals surface area contributed by atoms with Crippen LogP contribution in [-0.4, -0.2) is 46.7 Å². The summed E-state index contributed by atoms with van der Waals surface area (Å²) in [6.07, 6.45) is 2.77. The Morgan fingerprint density at radius 2 is 1.70 bits per heavy atom. The van der Waals surface area contributed by atoms with Gasteiger partial charge in [0.1, 0.15) is 12.1 Å². The second kappa shape index (κ2) is 8.33. The smallest absolute Gasteiger partial charge is 0.278 e. The molecule has 0 aliphatic carbocycles. The molecule has 1 aliphatic rings. The van der Waals surface area contributed by atoms with Crippen LogP contribution in [0.2, 0.25) is 0 Å². The number of hydrogen-bond donors (Lipinski definition) is 1. The molecule has 9 nitrogen and oxygen atoms in total. The molecule has 1 N–H and O–H groups in total. The van der Waals surface area contributed by atoms with Gasteiger partial charge < -0.3 is 5.32 Å². The summed E-state index contributed by atoms with van der Waals surface area (Å²) < 4.78 is 27.9. The number of benzene rings is 2. The van der Waals surface area contributed by atoms with E-state index >= 15 is 0 Å². The first-order valence-electron chi connectivity index (χ1n) is 9.68. The van der Waals surface area contributed by atoms with E-state index in [2.05, 4.69) is 15.6 Å². The van der Waals surface area contributed by atoms with Gasteiger partial charge in [0.25, 0.3) is 5.56 Å². The number of rotatable bonds is 5. The molecule has 1 aliphatic heterocycles. The molecule has 2 aromatic carbocycles. The Bertz CT molecular complexity index is 1230. The average Bonchev–Trinajstić information content (AvgIpc) is 2.77. The maximum absolute atomic E-state index is 12.7. The van der Waals surface area contributed by atoms with E-state index in [9.17, 15) is 18.0 Å². The Morgan fingerprint density at radius 3 is 2.43 bits per heavy atom. The summed E-state index contributed by atoms with van der Waals surface area (Å²) in [4.78, 5) is 25.0. The number of sulfonamides is 1. The lowest BCUT2D eigenvalue weighted by molar-refractivity contribution is -0.117. The van der Waals surface area contributed by atoms with Crippen LogP contribution in [0.15, 0.2) is 58.2 Å². The highest BCUT2D eigenvalue weighted by Crippen LogP contribution is 2.22. The zero-order chi connectivity index (χ0) is 21.1. The highest BCUT2D eigenvalue weighted by molar-refractivity contribution is 7.89. The number of fused-ring (bicyclic) bond motifs is 1. The van der Waals surface area contributed by atoms with Gasteiger partial charge in [-0.05, 0) is 49.2 Å². The molecule has 1 saturated heterocycles. The van der Waals surface area contributed by atoms with Crippen LogP contribution >= 0.6 is 0 Å². The minimum atomic E-state index is -3.53. The van der Waals surface area contributed by atoms with Crippen molar-refractivity contribution < 1.29 is 13.2 Å². The van der Waals surface area contributed by atoms with E-state index in [1.807, 2.05) is 0 Å². The molecule has 3 aromatic rings. The number of hydrogen-bond acceptors (Lipinski definition) is 6. The van der Waals surface area contributed by atoms with E-state index in [1.165, 1.54) is 28.6 Å². The van der Waals surface area contributed by atoms with E-state index in [0.29, 0.717) is 29.7 Å². The molecule has 2 heterocycles. The van der Waals surface area contributed by atoms with Gasteiger partial charge in [-0.1, -0.05) is 23.8 Å². The lowest BCUT2D eigenvalue weighted by atomic mass is 10.2. The number of nitrogens with zero attached hydrogens (tertiary/aromatic N) is 4. The van der Waals surface area contributed by atoms with Crippen molar-refractivity contribution in [2.75, 3.05) is 18.4 Å². The van der Waals surface area contributed by atoms with Crippen LogP contribution in [0.4, 0.5) is 5.69 Å². The van der Waals surface area contributed by atoms with E-state index in [0.717, 1.165) is 23.9 Å². The van der Waals surface area contributed by atoms with Gasteiger partial charge in [0.2, 0.25) is 15.9 Å². The summed E-state index contributed by atoms with van der Waals surface area (Å²) in [5.74, 6) is -0.465. The van der Waals surface area contributed by atoms with E-state index in [4.69, 9.17) is 0 Å². The second-order valence-corrected chi connectivity index (χ2v) is 9.04. The molecule has 0 bridgehead atoms. The summed E-state index contributed by atoms with van der Waals surface area (Å²) in [5, 5.41) is 10.8. The number of carbonyl (C=O) groups excluding carboxylic acids is 1. The van der Waals surface area contributed by atoms with E-state index in [-0.39, 0.29) is 11.4 Å². The van der Waals surface area contributed by atoms with E-state index < -0.39 is 21.5 Å². The van der Waals surface area contributed by atoms with E-state index in [1.54, 1.807) is 24.3 Å². The lowest BCUT2D eigenvalue weighted by Crippen LogP contribution is -2.35. The standard InChI is InChI=1S/C20H21N5O4S/c26-19(14-25-20(27)17-6-2-3-7-18(17)22-23-25)21-15-8-10-16(11-9-15)30(28,29)24-12-4-1-5-13-24/h2-3,6-11H,1,4-5,12-14H2,(H,21,26). The predicted octanol–water partition coefficient (Wildman–Crippen LogP) is 1.60. The molecule has 0 radical (unpaired) electrons. The fourth-order valence-corrected chi connectivity index (χ4v) is 4.95. The molecule has 4 rings (SSSR count). The van der Waals surface area contributed by atoms with Crippen molar-refractivity contribution in [2.45, 2.75) is 30.7 Å². The van der Waals surface area contributed by atoms with Crippen LogP contribution in [0.3, 0.4) is 0 Å². The van der Waals surface area contributed by atoms with Crippen molar-refractivity contribution in [1.29, 1.82) is 0 Å². The fourth-order valence-electron chi connectivity index (χ4n) is 3.43. The number of carbonyl (C=O) groups is 1. The van der Waals surface area contributed by atoms with Crippen LogP contribution in [0.1, 0.15) is 19.3 Å². The minimum absolute atomic E-state index is 0.194. The molecular weight excluding hydrogens is 406 g/mol. The van der Waals surface area contributed by atoms with Gasteiger partial charge in [0.15, 0.2) is 0 Å². The third kappa shape index (κ3) is 4.10. The third-order valence-electron chi connectivity index (χ3n) is 5.01. The van der Waals surface area contributed by atoms with Gasteiger partial charge in [0, 0.05) is 18.8 Å². The minimum Gasteiger partial charge on any atom is -0.324 e. The molecule has 1 aromatic heterocycles. The topological polar surface area (TPSA) is 114 Å². The monoisotopic (exact) mass is 427 g/mol. The van der Waals surface area contributed by atoms with Crippen LogP contribution < -0.4 is 10.9 Å². The zero-order valence-corrected chi connectivity index (χ0v) is 17.0. The van der Waals surface area contributed by atoms with Crippen LogP contribution in [0.5, 0.6) is 0 Å². The second-order valence-electron chi connectivity index (χ2n) is 7.11. The number of amides is 1. The van der Waals surface area contributed by atoms with Crippen molar-refractivity contribution >= 4 is 32.5 Å². The largest absolute Gasteiger partial charge is 0.324 e. The Kier molecular flexibility index (Phi) is 5.60. The number of piperidine rings is 1. The Labute approximate surface area is 173 Å². The summed E-state index contributed by atoms with van der Waals surface area (Å²) >= 11 is 0. The van der Waals surface area contributed by atoms with Gasteiger partial charge in [-0.2, -0.15) is 4.31 Å². The number of nitrogens with one attached hydrogen (secondary N) is 1. The predicted molar refractivity (Wildman–Crippen MR) is 111 cm³/mol. The average molecular weight is 427 g/mol. The summed E-state index contributed by atoms with van der Waals surface area (Å²) in [7, 11) is -3.53. The highest BCUT2D eigenvalue weighted by atomic mass is 32.2. The molecule has 0 unspecified atom stereocenters. The normalized spacial score (nSPS) is 15.2. The first kappa shape index (κ1) is 20.2. The Morgan fingerprint density at radius 1 is 1.00 bits per heavy atom.